The molecule has 1 atom stereocenters. The largest absolute Gasteiger partial charge is 0.347 e. The van der Waals surface area contributed by atoms with E-state index in [2.05, 4.69) is 20.6 Å². The minimum absolute atomic E-state index is 0.0343. The maximum atomic E-state index is 13.4. The number of halogens is 1. The molecular weight excluding hydrogens is 439 g/mol. The summed E-state index contributed by atoms with van der Waals surface area (Å²) < 4.78 is 13.4. The van der Waals surface area contributed by atoms with Crippen molar-refractivity contribution in [3.05, 3.63) is 88.3 Å². The van der Waals surface area contributed by atoms with E-state index in [-0.39, 0.29) is 29.7 Å². The predicted octanol–water partition coefficient (Wildman–Crippen LogP) is 2.17. The minimum atomic E-state index is -0.950. The van der Waals surface area contributed by atoms with E-state index < -0.39 is 17.9 Å². The van der Waals surface area contributed by atoms with Crippen LogP contribution < -0.4 is 15.5 Å². The number of likely N-dealkylation sites (N-methyl/N-ethyl adjacent to an activating group) is 1. The van der Waals surface area contributed by atoms with Gasteiger partial charge in [-0.15, -0.1) is 0 Å². The van der Waals surface area contributed by atoms with E-state index in [1.807, 2.05) is 6.07 Å². The summed E-state index contributed by atoms with van der Waals surface area (Å²) in [5.74, 6) is -1.89. The van der Waals surface area contributed by atoms with Gasteiger partial charge in [0.15, 0.2) is 0 Å². The number of aromatic nitrogens is 2. The van der Waals surface area contributed by atoms with Crippen molar-refractivity contribution in [2.24, 2.45) is 0 Å². The van der Waals surface area contributed by atoms with Gasteiger partial charge in [0.2, 0.25) is 0 Å². The molecule has 170 valence electrons. The zero-order chi connectivity index (χ0) is 24.4. The van der Waals surface area contributed by atoms with Crippen LogP contribution in [0.25, 0.3) is 0 Å². The van der Waals surface area contributed by atoms with Crippen molar-refractivity contribution in [2.75, 3.05) is 11.9 Å². The zero-order valence-electron chi connectivity index (χ0n) is 18.3. The van der Waals surface area contributed by atoms with Crippen LogP contribution in [-0.2, 0) is 11.3 Å². The van der Waals surface area contributed by atoms with E-state index in [0.29, 0.717) is 27.9 Å². The second kappa shape index (κ2) is 9.07. The van der Waals surface area contributed by atoms with Crippen LogP contribution >= 0.6 is 0 Å². The summed E-state index contributed by atoms with van der Waals surface area (Å²) >= 11 is 0. The van der Waals surface area contributed by atoms with Crippen LogP contribution in [0, 0.1) is 24.1 Å². The smallest absolute Gasteiger partial charge is 0.270 e. The molecule has 3 aromatic rings. The molecule has 0 fully saturated rings. The first-order valence-electron chi connectivity index (χ1n) is 10.3. The van der Waals surface area contributed by atoms with Gasteiger partial charge in [-0.2, -0.15) is 5.26 Å². The summed E-state index contributed by atoms with van der Waals surface area (Å²) in [7, 11) is 1.56. The fourth-order valence-electron chi connectivity index (χ4n) is 3.63. The number of anilines is 1. The van der Waals surface area contributed by atoms with E-state index in [0.717, 1.165) is 6.33 Å². The minimum Gasteiger partial charge on any atom is -0.347 e. The molecule has 3 amide bonds. The highest BCUT2D eigenvalue weighted by atomic mass is 19.1. The summed E-state index contributed by atoms with van der Waals surface area (Å²) in [4.78, 5) is 47.2. The van der Waals surface area contributed by atoms with Crippen molar-refractivity contribution in [1.82, 2.24) is 20.6 Å². The highest BCUT2D eigenvalue weighted by Gasteiger charge is 2.36. The van der Waals surface area contributed by atoms with Gasteiger partial charge in [-0.3, -0.25) is 14.4 Å². The molecule has 1 aliphatic heterocycles. The van der Waals surface area contributed by atoms with E-state index in [9.17, 15) is 18.8 Å². The van der Waals surface area contributed by atoms with Crippen LogP contribution in [0.4, 0.5) is 10.1 Å². The third kappa shape index (κ3) is 4.31. The standard InChI is InChI=1S/C24H19FN6O3/c1-13-7-15(4-6-17(13)25)11-27-22(32)18-9-19(29-12-28-18)23(33)30-21-16-5-3-14(10-26)8-20(16)31(2)24(21)34/h3-9,12,21H,11H2,1-2H3,(H,27,32)(H,30,33)/t21-/m0/s1. The summed E-state index contributed by atoms with van der Waals surface area (Å²) in [6.45, 7) is 1.78. The lowest BCUT2D eigenvalue weighted by molar-refractivity contribution is -0.119. The lowest BCUT2D eigenvalue weighted by atomic mass is 10.1. The number of rotatable bonds is 5. The number of hydrogen-bond acceptors (Lipinski definition) is 6. The first-order chi connectivity index (χ1) is 16.3. The Bertz CT molecular complexity index is 1370. The van der Waals surface area contributed by atoms with Gasteiger partial charge in [-0.1, -0.05) is 18.2 Å². The van der Waals surface area contributed by atoms with Crippen LogP contribution in [0.3, 0.4) is 0 Å². The number of carbonyl (C=O) groups excluding carboxylic acids is 3. The summed E-state index contributed by atoms with van der Waals surface area (Å²) in [5, 5.41) is 14.4. The molecular formula is C24H19FN6O3. The van der Waals surface area contributed by atoms with Crippen molar-refractivity contribution in [1.29, 1.82) is 5.26 Å². The van der Waals surface area contributed by atoms with E-state index in [1.54, 1.807) is 44.3 Å². The average molecular weight is 458 g/mol. The molecule has 2 N–H and O–H groups in total. The summed E-state index contributed by atoms with van der Waals surface area (Å²) in [6.07, 6.45) is 1.08. The average Bonchev–Trinajstić information content (AvgIpc) is 3.08. The van der Waals surface area contributed by atoms with Gasteiger partial charge in [0.05, 0.1) is 17.3 Å². The molecule has 0 saturated heterocycles. The quantitative estimate of drug-likeness (QED) is 0.603. The van der Waals surface area contributed by atoms with Gasteiger partial charge in [0.25, 0.3) is 17.7 Å². The fraction of sp³-hybridized carbons (Fsp3) is 0.167. The van der Waals surface area contributed by atoms with E-state index in [4.69, 9.17) is 5.26 Å². The number of carbonyl (C=O) groups is 3. The van der Waals surface area contributed by atoms with E-state index in [1.165, 1.54) is 17.0 Å². The van der Waals surface area contributed by atoms with Crippen molar-refractivity contribution >= 4 is 23.4 Å². The normalized spacial score (nSPS) is 14.4. The molecule has 0 bridgehead atoms. The Morgan fingerprint density at radius 3 is 2.56 bits per heavy atom. The zero-order valence-corrected chi connectivity index (χ0v) is 18.3. The number of nitrogens with one attached hydrogen (secondary N) is 2. The van der Waals surface area contributed by atoms with Gasteiger partial charge in [0.1, 0.15) is 29.6 Å². The number of benzene rings is 2. The number of fused-ring (bicyclic) bond motifs is 1. The van der Waals surface area contributed by atoms with Crippen molar-refractivity contribution in [2.45, 2.75) is 19.5 Å². The summed E-state index contributed by atoms with van der Waals surface area (Å²) in [6, 6.07) is 11.6. The number of aryl methyl sites for hydroxylation is 1. The molecule has 0 unspecified atom stereocenters. The Hall–Kier alpha value is -4.65. The predicted molar refractivity (Wildman–Crippen MR) is 119 cm³/mol. The van der Waals surface area contributed by atoms with Gasteiger partial charge in [-0.05, 0) is 36.2 Å². The molecule has 4 rings (SSSR count). The number of amides is 3. The van der Waals surface area contributed by atoms with Gasteiger partial charge >= 0.3 is 0 Å². The molecule has 0 aliphatic carbocycles. The number of hydrogen-bond donors (Lipinski definition) is 2. The molecule has 0 saturated carbocycles. The highest BCUT2D eigenvalue weighted by molar-refractivity contribution is 6.07. The maximum absolute atomic E-state index is 13.4. The lowest BCUT2D eigenvalue weighted by Gasteiger charge is -2.13. The van der Waals surface area contributed by atoms with E-state index >= 15 is 0 Å². The molecule has 10 heteroatoms. The lowest BCUT2D eigenvalue weighted by Crippen LogP contribution is -2.36. The first-order valence-corrected chi connectivity index (χ1v) is 10.3. The Morgan fingerprint density at radius 2 is 1.85 bits per heavy atom. The van der Waals surface area contributed by atoms with Gasteiger partial charge in [-0.25, -0.2) is 14.4 Å². The van der Waals surface area contributed by atoms with Crippen molar-refractivity contribution in [3.63, 3.8) is 0 Å². The van der Waals surface area contributed by atoms with Crippen LogP contribution in [0.5, 0.6) is 0 Å². The van der Waals surface area contributed by atoms with Crippen molar-refractivity contribution < 1.29 is 18.8 Å². The molecule has 2 aromatic carbocycles. The topological polar surface area (TPSA) is 128 Å². The van der Waals surface area contributed by atoms with Gasteiger partial charge in [0, 0.05) is 25.2 Å². The molecule has 9 nitrogen and oxygen atoms in total. The third-order valence-electron chi connectivity index (χ3n) is 5.49. The fourth-order valence-corrected chi connectivity index (χ4v) is 3.63. The second-order valence-corrected chi connectivity index (χ2v) is 7.74. The van der Waals surface area contributed by atoms with Crippen molar-refractivity contribution in [3.8, 4) is 6.07 Å². The SMILES string of the molecule is Cc1cc(CNC(=O)c2cc(C(=O)N[C@@H]3C(=O)N(C)c4cc(C#N)ccc43)ncn2)ccc1F. The monoisotopic (exact) mass is 458 g/mol. The first kappa shape index (κ1) is 22.5. The Morgan fingerprint density at radius 1 is 1.12 bits per heavy atom. The summed E-state index contributed by atoms with van der Waals surface area (Å²) in [5.41, 5.74) is 2.54. The molecule has 0 spiro atoms. The van der Waals surface area contributed by atoms with Crippen LogP contribution in [-0.4, -0.2) is 34.7 Å². The van der Waals surface area contributed by atoms with Crippen LogP contribution in [0.2, 0.25) is 0 Å². The molecule has 0 radical (unpaired) electrons. The highest BCUT2D eigenvalue weighted by Crippen LogP contribution is 2.35. The Labute approximate surface area is 194 Å². The Balaban J connectivity index is 1.47. The molecule has 34 heavy (non-hydrogen) atoms. The van der Waals surface area contributed by atoms with Crippen LogP contribution in [0.1, 0.15) is 49.3 Å². The number of nitrogens with zero attached hydrogens (tertiary/aromatic N) is 4. The number of nitriles is 1. The van der Waals surface area contributed by atoms with Gasteiger partial charge < -0.3 is 15.5 Å². The third-order valence-corrected chi connectivity index (χ3v) is 5.49. The second-order valence-electron chi connectivity index (χ2n) is 7.74. The Kier molecular flexibility index (Phi) is 6.01. The van der Waals surface area contributed by atoms with Crippen LogP contribution in [0.15, 0.2) is 48.8 Å². The molecule has 2 heterocycles. The molecule has 1 aromatic heterocycles. The molecule has 1 aliphatic rings. The maximum Gasteiger partial charge on any atom is 0.270 e.